The summed E-state index contributed by atoms with van der Waals surface area (Å²) in [5.74, 6) is -0.144. The van der Waals surface area contributed by atoms with E-state index in [1.807, 2.05) is 20.8 Å². The Morgan fingerprint density at radius 3 is 2.37 bits per heavy atom. The van der Waals surface area contributed by atoms with Crippen molar-refractivity contribution in [3.8, 4) is 0 Å². The van der Waals surface area contributed by atoms with Gasteiger partial charge in [0.1, 0.15) is 0 Å². The van der Waals surface area contributed by atoms with Gasteiger partial charge in [-0.2, -0.15) is 0 Å². The molecule has 0 atom stereocenters. The second-order valence-electron chi connectivity index (χ2n) is 5.30. The molecule has 0 bridgehead atoms. The lowest BCUT2D eigenvalue weighted by molar-refractivity contribution is -0.128. The fourth-order valence-corrected chi connectivity index (χ4v) is 1.21. The molecule has 0 saturated heterocycles. The van der Waals surface area contributed by atoms with E-state index in [1.54, 1.807) is 0 Å². The second kappa shape index (κ2) is 9.75. The van der Waals surface area contributed by atoms with E-state index in [1.165, 1.54) is 0 Å². The Morgan fingerprint density at radius 1 is 1.11 bits per heavy atom. The van der Waals surface area contributed by atoms with Crippen molar-refractivity contribution in [2.24, 2.45) is 5.41 Å². The highest BCUT2D eigenvalue weighted by Gasteiger charge is 2.20. The number of hydrogen-bond acceptors (Lipinski definition) is 4. The summed E-state index contributed by atoms with van der Waals surface area (Å²) in [6, 6.07) is 0. The van der Waals surface area contributed by atoms with E-state index in [4.69, 9.17) is 9.84 Å². The fourth-order valence-electron chi connectivity index (χ4n) is 1.21. The summed E-state index contributed by atoms with van der Waals surface area (Å²) < 4.78 is 5.06. The van der Waals surface area contributed by atoms with Gasteiger partial charge in [0.05, 0.1) is 13.2 Å². The molecule has 0 aliphatic carbocycles. The van der Waals surface area contributed by atoms with Crippen molar-refractivity contribution in [2.75, 3.05) is 32.9 Å². The Kier molecular flexibility index (Phi) is 9.16. The van der Waals surface area contributed by atoms with Crippen LogP contribution in [0.15, 0.2) is 0 Å². The Morgan fingerprint density at radius 2 is 1.79 bits per heavy atom. The van der Waals surface area contributed by atoms with E-state index < -0.39 is 5.41 Å². The summed E-state index contributed by atoms with van der Waals surface area (Å²) in [4.78, 5) is 22.9. The topological polar surface area (TPSA) is 87.7 Å². The molecule has 6 heteroatoms. The molecule has 112 valence electrons. The zero-order valence-electron chi connectivity index (χ0n) is 12.1. The van der Waals surface area contributed by atoms with E-state index in [2.05, 4.69) is 10.6 Å². The van der Waals surface area contributed by atoms with Crippen LogP contribution in [0.1, 0.15) is 33.6 Å². The Labute approximate surface area is 114 Å². The maximum absolute atomic E-state index is 11.5. The monoisotopic (exact) mass is 274 g/mol. The van der Waals surface area contributed by atoms with Gasteiger partial charge in [0.2, 0.25) is 11.8 Å². The molecule has 0 spiro atoms. The summed E-state index contributed by atoms with van der Waals surface area (Å²) in [6.45, 7) is 7.23. The normalized spacial score (nSPS) is 11.2. The van der Waals surface area contributed by atoms with E-state index >= 15 is 0 Å². The van der Waals surface area contributed by atoms with Crippen LogP contribution in [0.3, 0.4) is 0 Å². The van der Waals surface area contributed by atoms with Gasteiger partial charge in [0.15, 0.2) is 0 Å². The highest BCUT2D eigenvalue weighted by atomic mass is 16.5. The van der Waals surface area contributed by atoms with Crippen LogP contribution >= 0.6 is 0 Å². The minimum Gasteiger partial charge on any atom is -0.394 e. The van der Waals surface area contributed by atoms with Crippen molar-refractivity contribution in [1.29, 1.82) is 0 Å². The molecule has 0 rings (SSSR count). The first kappa shape index (κ1) is 17.9. The van der Waals surface area contributed by atoms with Gasteiger partial charge < -0.3 is 20.5 Å². The molecular weight excluding hydrogens is 248 g/mol. The van der Waals surface area contributed by atoms with Gasteiger partial charge in [-0.25, -0.2) is 0 Å². The maximum Gasteiger partial charge on any atom is 0.225 e. The summed E-state index contributed by atoms with van der Waals surface area (Å²) in [5.41, 5.74) is -0.430. The van der Waals surface area contributed by atoms with Gasteiger partial charge in [0.25, 0.3) is 0 Å². The van der Waals surface area contributed by atoms with E-state index in [0.29, 0.717) is 32.7 Å². The zero-order chi connectivity index (χ0) is 14.7. The number of aliphatic hydroxyl groups is 1. The maximum atomic E-state index is 11.5. The molecule has 0 saturated carbocycles. The first-order valence-corrected chi connectivity index (χ1v) is 6.61. The molecule has 19 heavy (non-hydrogen) atoms. The van der Waals surface area contributed by atoms with Crippen LogP contribution in [0, 0.1) is 5.41 Å². The van der Waals surface area contributed by atoms with E-state index in [-0.39, 0.29) is 24.8 Å². The molecule has 2 amide bonds. The highest BCUT2D eigenvalue weighted by Crippen LogP contribution is 2.11. The van der Waals surface area contributed by atoms with Gasteiger partial charge in [-0.15, -0.1) is 0 Å². The Bertz CT molecular complexity index is 274. The number of hydrogen-bond donors (Lipinski definition) is 3. The molecule has 0 aliphatic rings. The van der Waals surface area contributed by atoms with Crippen molar-refractivity contribution < 1.29 is 19.4 Å². The van der Waals surface area contributed by atoms with Crippen molar-refractivity contribution >= 4 is 11.8 Å². The fraction of sp³-hybridized carbons (Fsp3) is 0.846. The van der Waals surface area contributed by atoms with Crippen LogP contribution in [0.5, 0.6) is 0 Å². The van der Waals surface area contributed by atoms with Gasteiger partial charge in [-0.1, -0.05) is 20.8 Å². The molecule has 0 aromatic heterocycles. The van der Waals surface area contributed by atoms with Crippen LogP contribution < -0.4 is 10.6 Å². The SMILES string of the molecule is CC(C)(C)C(=O)NCCC(=O)NCCCOCCO. The number of rotatable bonds is 9. The predicted octanol–water partition coefficient (Wildman–Crippen LogP) is 0.0540. The minimum atomic E-state index is -0.430. The molecule has 0 aromatic rings. The molecule has 0 fully saturated rings. The van der Waals surface area contributed by atoms with Gasteiger partial charge in [-0.05, 0) is 6.42 Å². The number of amides is 2. The number of carbonyl (C=O) groups excluding carboxylic acids is 2. The summed E-state index contributed by atoms with van der Waals surface area (Å²) in [5, 5.41) is 13.9. The van der Waals surface area contributed by atoms with Gasteiger partial charge >= 0.3 is 0 Å². The van der Waals surface area contributed by atoms with Crippen molar-refractivity contribution in [2.45, 2.75) is 33.6 Å². The zero-order valence-corrected chi connectivity index (χ0v) is 12.1. The lowest BCUT2D eigenvalue weighted by Crippen LogP contribution is -2.37. The van der Waals surface area contributed by atoms with Gasteiger partial charge in [0, 0.05) is 31.5 Å². The number of nitrogens with one attached hydrogen (secondary N) is 2. The molecule has 0 unspecified atom stereocenters. The smallest absolute Gasteiger partial charge is 0.225 e. The molecule has 0 aliphatic heterocycles. The quantitative estimate of drug-likeness (QED) is 0.519. The van der Waals surface area contributed by atoms with Crippen LogP contribution in [0.25, 0.3) is 0 Å². The number of ether oxygens (including phenoxy) is 1. The average Bonchev–Trinajstić information content (AvgIpc) is 2.32. The van der Waals surface area contributed by atoms with Crippen LogP contribution in [0.4, 0.5) is 0 Å². The first-order chi connectivity index (χ1) is 8.88. The highest BCUT2D eigenvalue weighted by molar-refractivity contribution is 5.82. The Balaban J connectivity index is 3.48. The molecule has 0 radical (unpaired) electrons. The van der Waals surface area contributed by atoms with Crippen molar-refractivity contribution in [1.82, 2.24) is 10.6 Å². The van der Waals surface area contributed by atoms with Crippen LogP contribution in [-0.4, -0.2) is 49.8 Å². The first-order valence-electron chi connectivity index (χ1n) is 6.61. The third-order valence-corrected chi connectivity index (χ3v) is 2.34. The van der Waals surface area contributed by atoms with Gasteiger partial charge in [-0.3, -0.25) is 9.59 Å². The molecule has 0 aromatic carbocycles. The third kappa shape index (κ3) is 10.5. The summed E-state index contributed by atoms with van der Waals surface area (Å²) >= 11 is 0. The largest absolute Gasteiger partial charge is 0.394 e. The van der Waals surface area contributed by atoms with Crippen LogP contribution in [0.2, 0.25) is 0 Å². The molecule has 0 heterocycles. The number of carbonyl (C=O) groups is 2. The lowest BCUT2D eigenvalue weighted by atomic mass is 9.96. The number of aliphatic hydroxyl groups excluding tert-OH is 1. The predicted molar refractivity (Wildman–Crippen MR) is 72.6 cm³/mol. The second-order valence-corrected chi connectivity index (χ2v) is 5.30. The standard InChI is InChI=1S/C13H26N2O4/c1-13(2,3)12(18)15-7-5-11(17)14-6-4-9-19-10-8-16/h16H,4-10H2,1-3H3,(H,14,17)(H,15,18). The van der Waals surface area contributed by atoms with E-state index in [9.17, 15) is 9.59 Å². The third-order valence-electron chi connectivity index (χ3n) is 2.34. The summed E-state index contributed by atoms with van der Waals surface area (Å²) in [7, 11) is 0. The van der Waals surface area contributed by atoms with E-state index in [0.717, 1.165) is 0 Å². The minimum absolute atomic E-state index is 0.0137. The van der Waals surface area contributed by atoms with Crippen LogP contribution in [-0.2, 0) is 14.3 Å². The van der Waals surface area contributed by atoms with Crippen molar-refractivity contribution in [3.05, 3.63) is 0 Å². The van der Waals surface area contributed by atoms with Crippen molar-refractivity contribution in [3.63, 3.8) is 0 Å². The summed E-state index contributed by atoms with van der Waals surface area (Å²) in [6.07, 6.45) is 0.986. The lowest BCUT2D eigenvalue weighted by Gasteiger charge is -2.17. The molecule has 3 N–H and O–H groups in total. The molecule has 6 nitrogen and oxygen atoms in total. The Hall–Kier alpha value is -1.14. The average molecular weight is 274 g/mol. The molecular formula is C13H26N2O4.